The van der Waals surface area contributed by atoms with Crippen molar-refractivity contribution in [2.75, 3.05) is 19.6 Å². The zero-order valence-electron chi connectivity index (χ0n) is 14.5. The lowest BCUT2D eigenvalue weighted by Crippen LogP contribution is -2.21. The second-order valence-corrected chi connectivity index (χ2v) is 7.41. The highest BCUT2D eigenvalue weighted by molar-refractivity contribution is 7.77. The minimum Gasteiger partial charge on any atom is -0.307 e. The van der Waals surface area contributed by atoms with Crippen molar-refractivity contribution in [2.24, 2.45) is 4.88 Å². The van der Waals surface area contributed by atoms with Crippen molar-refractivity contribution in [3.05, 3.63) is 71.1 Å². The molecule has 2 rings (SSSR count). The summed E-state index contributed by atoms with van der Waals surface area (Å²) in [5, 5.41) is 1.09. The molecule has 2 aromatic carbocycles. The van der Waals surface area contributed by atoms with Crippen molar-refractivity contribution >= 4 is 17.9 Å². The van der Waals surface area contributed by atoms with E-state index in [0.717, 1.165) is 0 Å². The lowest BCUT2D eigenvalue weighted by atomic mass is 10.4. The summed E-state index contributed by atoms with van der Waals surface area (Å²) in [7, 11) is -3.22. The summed E-state index contributed by atoms with van der Waals surface area (Å²) in [4.78, 5) is 8.63. The summed E-state index contributed by atoms with van der Waals surface area (Å²) in [6, 6.07) is 17.6. The van der Waals surface area contributed by atoms with Gasteiger partial charge in [0.2, 0.25) is 7.29 Å². The monoisotopic (exact) mass is 344 g/mol. The van der Waals surface area contributed by atoms with Crippen LogP contribution in [0.4, 0.5) is 0 Å². The molecule has 0 N–H and O–H groups in total. The van der Waals surface area contributed by atoms with E-state index in [1.54, 1.807) is 48.5 Å². The standard InChI is InChI=1S/C12H10N3OP.C6H15N/c13-14-15-17(16,11-7-3-1-4-8-11)12-9-5-2-6-10-12;1-4-7(5-2)6-3/h1-10H;4-6H2,1-3H3. The number of rotatable bonds is 6. The second kappa shape index (κ2) is 10.7. The Morgan fingerprint density at radius 3 is 1.50 bits per heavy atom. The van der Waals surface area contributed by atoms with Crippen LogP contribution in [0.5, 0.6) is 0 Å². The predicted octanol–water partition coefficient (Wildman–Crippen LogP) is 4.57. The molecule has 0 atom stereocenters. The van der Waals surface area contributed by atoms with Crippen LogP contribution < -0.4 is 10.6 Å². The number of azide groups is 1. The zero-order valence-corrected chi connectivity index (χ0v) is 15.4. The SMILES string of the molecule is CCN(CC)CC.[N-]=[N+]=NP(=O)(c1ccccc1)c1ccccc1. The van der Waals surface area contributed by atoms with E-state index in [4.69, 9.17) is 5.53 Å². The third-order valence-electron chi connectivity index (χ3n) is 3.72. The second-order valence-electron chi connectivity index (χ2n) is 5.05. The molecule has 0 bridgehead atoms. The van der Waals surface area contributed by atoms with E-state index in [1.165, 1.54) is 19.6 Å². The normalized spacial score (nSPS) is 10.5. The smallest absolute Gasteiger partial charge is 0.228 e. The molecule has 6 heteroatoms. The van der Waals surface area contributed by atoms with E-state index < -0.39 is 7.29 Å². The van der Waals surface area contributed by atoms with Gasteiger partial charge in [-0.1, -0.05) is 81.4 Å². The van der Waals surface area contributed by atoms with E-state index in [-0.39, 0.29) is 0 Å². The molecule has 0 fully saturated rings. The van der Waals surface area contributed by atoms with Gasteiger partial charge in [-0.05, 0) is 30.1 Å². The van der Waals surface area contributed by atoms with Crippen molar-refractivity contribution < 1.29 is 4.57 Å². The fourth-order valence-corrected chi connectivity index (χ4v) is 4.01. The summed E-state index contributed by atoms with van der Waals surface area (Å²) in [6.45, 7) is 10.1. The summed E-state index contributed by atoms with van der Waals surface area (Å²) in [5.41, 5.74) is 8.61. The number of benzene rings is 2. The highest BCUT2D eigenvalue weighted by Gasteiger charge is 2.25. The Labute approximate surface area is 144 Å². The van der Waals surface area contributed by atoms with Crippen molar-refractivity contribution in [3.8, 4) is 0 Å². The van der Waals surface area contributed by atoms with Crippen LogP contribution in [-0.4, -0.2) is 24.5 Å². The maximum atomic E-state index is 12.8. The van der Waals surface area contributed by atoms with Crippen molar-refractivity contribution in [1.82, 2.24) is 4.90 Å². The van der Waals surface area contributed by atoms with Crippen molar-refractivity contribution in [2.45, 2.75) is 20.8 Å². The van der Waals surface area contributed by atoms with Crippen molar-refractivity contribution in [3.63, 3.8) is 0 Å². The summed E-state index contributed by atoms with van der Waals surface area (Å²) in [5.74, 6) is 0. The lowest BCUT2D eigenvalue weighted by Gasteiger charge is -2.13. The van der Waals surface area contributed by atoms with Gasteiger partial charge in [-0.2, -0.15) is 0 Å². The van der Waals surface area contributed by atoms with E-state index in [0.29, 0.717) is 10.6 Å². The van der Waals surface area contributed by atoms with Gasteiger partial charge in [-0.15, -0.1) is 0 Å². The maximum Gasteiger partial charge on any atom is 0.228 e. The molecule has 0 radical (unpaired) electrons. The van der Waals surface area contributed by atoms with Gasteiger partial charge < -0.3 is 9.46 Å². The molecule has 0 saturated carbocycles. The van der Waals surface area contributed by atoms with Crippen LogP contribution >= 0.6 is 7.29 Å². The Balaban J connectivity index is 0.000000351. The number of hydrogen-bond donors (Lipinski definition) is 0. The van der Waals surface area contributed by atoms with Crippen molar-refractivity contribution in [1.29, 1.82) is 0 Å². The van der Waals surface area contributed by atoms with Gasteiger partial charge in [0, 0.05) is 15.5 Å². The van der Waals surface area contributed by atoms with Crippen LogP contribution in [0.3, 0.4) is 0 Å². The molecular formula is C18H25N4OP. The minimum absolute atomic E-state index is 0.545. The Morgan fingerprint density at radius 1 is 0.875 bits per heavy atom. The molecule has 0 aromatic heterocycles. The highest BCUT2D eigenvalue weighted by atomic mass is 31.2. The Morgan fingerprint density at radius 2 is 1.25 bits per heavy atom. The van der Waals surface area contributed by atoms with E-state index in [9.17, 15) is 4.57 Å². The quantitative estimate of drug-likeness (QED) is 0.333. The van der Waals surface area contributed by atoms with Gasteiger partial charge in [-0.25, -0.2) is 0 Å². The maximum absolute atomic E-state index is 12.8. The van der Waals surface area contributed by atoms with Gasteiger partial charge in [0.05, 0.1) is 0 Å². The largest absolute Gasteiger partial charge is 0.307 e. The number of hydrogen-bond acceptors (Lipinski definition) is 2. The molecular weight excluding hydrogens is 319 g/mol. The van der Waals surface area contributed by atoms with Gasteiger partial charge in [0.25, 0.3) is 0 Å². The summed E-state index contributed by atoms with van der Waals surface area (Å²) in [6.07, 6.45) is 0. The Hall–Kier alpha value is -2.06. The van der Waals surface area contributed by atoms with Crippen LogP contribution in [-0.2, 0) is 4.57 Å². The Kier molecular flexibility index (Phi) is 8.88. The fraction of sp³-hybridized carbons (Fsp3) is 0.333. The number of nitrogens with zero attached hydrogens (tertiary/aromatic N) is 4. The van der Waals surface area contributed by atoms with Gasteiger partial charge in [-0.3, -0.25) is 0 Å². The molecule has 0 unspecified atom stereocenters. The molecule has 0 aliphatic rings. The van der Waals surface area contributed by atoms with Crippen LogP contribution in [0.25, 0.3) is 10.4 Å². The molecule has 2 aromatic rings. The Bertz CT molecular complexity index is 632. The molecule has 0 aliphatic heterocycles. The van der Waals surface area contributed by atoms with Crippen LogP contribution in [0, 0.1) is 0 Å². The average Bonchev–Trinajstić information content (AvgIpc) is 2.65. The molecule has 0 saturated heterocycles. The summed E-state index contributed by atoms with van der Waals surface area (Å²) < 4.78 is 12.8. The topological polar surface area (TPSA) is 69.1 Å². The van der Waals surface area contributed by atoms with Crippen LogP contribution in [0.1, 0.15) is 20.8 Å². The van der Waals surface area contributed by atoms with Gasteiger partial charge in [0.1, 0.15) is 0 Å². The molecule has 0 heterocycles. The molecule has 5 nitrogen and oxygen atoms in total. The summed E-state index contributed by atoms with van der Waals surface area (Å²) >= 11 is 0. The first kappa shape index (κ1) is 20.0. The first-order valence-electron chi connectivity index (χ1n) is 8.12. The third kappa shape index (κ3) is 5.54. The van der Waals surface area contributed by atoms with Gasteiger partial charge in [0.15, 0.2) is 0 Å². The van der Waals surface area contributed by atoms with Gasteiger partial charge >= 0.3 is 0 Å². The molecule has 0 aliphatic carbocycles. The zero-order chi connectivity index (χ0) is 17.8. The van der Waals surface area contributed by atoms with E-state index >= 15 is 0 Å². The molecule has 24 heavy (non-hydrogen) atoms. The van der Waals surface area contributed by atoms with Crippen LogP contribution in [0.15, 0.2) is 65.5 Å². The van der Waals surface area contributed by atoms with Crippen LogP contribution in [0.2, 0.25) is 0 Å². The predicted molar refractivity (Wildman–Crippen MR) is 102 cm³/mol. The first-order chi connectivity index (χ1) is 11.6. The minimum atomic E-state index is -3.22. The lowest BCUT2D eigenvalue weighted by molar-refractivity contribution is 0.321. The highest BCUT2D eigenvalue weighted by Crippen LogP contribution is 2.44. The van der Waals surface area contributed by atoms with E-state index in [1.807, 2.05) is 12.1 Å². The average molecular weight is 344 g/mol. The molecule has 0 spiro atoms. The third-order valence-corrected chi connectivity index (χ3v) is 6.05. The molecule has 0 amide bonds. The fourth-order valence-electron chi connectivity index (χ4n) is 2.24. The first-order valence-corrected chi connectivity index (χ1v) is 9.78. The molecule has 128 valence electrons. The van der Waals surface area contributed by atoms with E-state index in [2.05, 4.69) is 35.5 Å².